The second-order valence-electron chi connectivity index (χ2n) is 4.72. The first kappa shape index (κ1) is 14.9. The predicted molar refractivity (Wildman–Crippen MR) is 64.7 cm³/mol. The minimum Gasteiger partial charge on any atom is -0.342 e. The van der Waals surface area contributed by atoms with E-state index in [2.05, 4.69) is 38.3 Å². The average molecular weight is 225 g/mol. The van der Waals surface area contributed by atoms with Crippen LogP contribution in [0.4, 0.5) is 0 Å². The summed E-state index contributed by atoms with van der Waals surface area (Å²) in [6.07, 6.45) is 0. The molecule has 16 heavy (non-hydrogen) atoms. The van der Waals surface area contributed by atoms with E-state index in [-0.39, 0.29) is 19.0 Å². The largest absolute Gasteiger partial charge is 0.342 e. The van der Waals surface area contributed by atoms with Gasteiger partial charge in [0.15, 0.2) is 0 Å². The van der Waals surface area contributed by atoms with Gasteiger partial charge in [0.2, 0.25) is 5.91 Å². The summed E-state index contributed by atoms with van der Waals surface area (Å²) in [5.41, 5.74) is 0. The van der Waals surface area contributed by atoms with Crippen LogP contribution in [0.15, 0.2) is 0 Å². The van der Waals surface area contributed by atoms with E-state index in [0.29, 0.717) is 17.8 Å². The number of nitrogens with zero attached hydrogens (tertiary/aromatic N) is 1. The lowest BCUT2D eigenvalue weighted by atomic mass is 9.85. The van der Waals surface area contributed by atoms with Crippen molar-refractivity contribution in [1.29, 1.82) is 5.26 Å². The number of nitrogens with one attached hydrogen (secondary N) is 2. The van der Waals surface area contributed by atoms with Crippen LogP contribution in [-0.4, -0.2) is 25.5 Å². The van der Waals surface area contributed by atoms with E-state index in [0.717, 1.165) is 6.54 Å². The van der Waals surface area contributed by atoms with Gasteiger partial charge in [-0.3, -0.25) is 4.79 Å². The molecule has 0 saturated heterocycles. The van der Waals surface area contributed by atoms with Crippen molar-refractivity contribution in [2.75, 3.05) is 19.6 Å². The van der Waals surface area contributed by atoms with Crippen LogP contribution >= 0.6 is 0 Å². The van der Waals surface area contributed by atoms with Crippen molar-refractivity contribution in [1.82, 2.24) is 10.6 Å². The number of hydrogen-bond donors (Lipinski definition) is 2. The number of hydrogen-bond acceptors (Lipinski definition) is 3. The maximum atomic E-state index is 11.2. The van der Waals surface area contributed by atoms with Crippen LogP contribution in [0.3, 0.4) is 0 Å². The third-order valence-electron chi connectivity index (χ3n) is 2.74. The molecule has 0 heterocycles. The quantitative estimate of drug-likeness (QED) is 0.639. The van der Waals surface area contributed by atoms with Crippen LogP contribution < -0.4 is 10.6 Å². The number of carbonyl (C=O) groups excluding carboxylic acids is 1. The summed E-state index contributed by atoms with van der Waals surface area (Å²) in [6, 6.07) is 1.87. The standard InChI is InChI=1S/C12H23N3O/c1-9(2)11(10(3)4)7-14-8-12(16)15-6-5-13/h9-11,14H,6-8H2,1-4H3,(H,15,16). The van der Waals surface area contributed by atoms with Crippen molar-refractivity contribution < 1.29 is 4.79 Å². The molecule has 92 valence electrons. The summed E-state index contributed by atoms with van der Waals surface area (Å²) in [6.45, 7) is 10.00. The molecule has 1 amide bonds. The lowest BCUT2D eigenvalue weighted by Crippen LogP contribution is -2.38. The second kappa shape index (κ2) is 8.12. The third-order valence-corrected chi connectivity index (χ3v) is 2.74. The van der Waals surface area contributed by atoms with Crippen LogP contribution in [-0.2, 0) is 4.79 Å². The van der Waals surface area contributed by atoms with Gasteiger partial charge in [-0.2, -0.15) is 5.26 Å². The van der Waals surface area contributed by atoms with E-state index in [4.69, 9.17) is 5.26 Å². The van der Waals surface area contributed by atoms with Gasteiger partial charge in [-0.25, -0.2) is 0 Å². The minimum atomic E-state index is -0.118. The maximum absolute atomic E-state index is 11.2. The number of amides is 1. The monoisotopic (exact) mass is 225 g/mol. The fourth-order valence-electron chi connectivity index (χ4n) is 1.79. The lowest BCUT2D eigenvalue weighted by molar-refractivity contribution is -0.120. The molecule has 0 aromatic carbocycles. The van der Waals surface area contributed by atoms with Crippen molar-refractivity contribution in [3.63, 3.8) is 0 Å². The Kier molecular flexibility index (Phi) is 7.57. The molecule has 0 aliphatic heterocycles. The summed E-state index contributed by atoms with van der Waals surface area (Å²) in [4.78, 5) is 11.2. The zero-order valence-electron chi connectivity index (χ0n) is 10.7. The summed E-state index contributed by atoms with van der Waals surface area (Å²) < 4.78 is 0. The first-order valence-electron chi connectivity index (χ1n) is 5.83. The van der Waals surface area contributed by atoms with Gasteiger partial charge in [0.1, 0.15) is 6.54 Å². The molecular weight excluding hydrogens is 202 g/mol. The van der Waals surface area contributed by atoms with Crippen LogP contribution in [0.25, 0.3) is 0 Å². The Labute approximate surface area is 98.4 Å². The van der Waals surface area contributed by atoms with Crippen molar-refractivity contribution in [3.8, 4) is 6.07 Å². The van der Waals surface area contributed by atoms with Gasteiger partial charge in [0, 0.05) is 0 Å². The topological polar surface area (TPSA) is 64.9 Å². The van der Waals surface area contributed by atoms with Gasteiger partial charge in [-0.05, 0) is 24.3 Å². The van der Waals surface area contributed by atoms with E-state index in [9.17, 15) is 4.79 Å². The normalized spacial score (nSPS) is 10.9. The summed E-state index contributed by atoms with van der Waals surface area (Å²) >= 11 is 0. The summed E-state index contributed by atoms with van der Waals surface area (Å²) in [7, 11) is 0. The molecule has 0 atom stereocenters. The van der Waals surface area contributed by atoms with Gasteiger partial charge in [-0.1, -0.05) is 27.7 Å². The lowest BCUT2D eigenvalue weighted by Gasteiger charge is -2.24. The Morgan fingerprint density at radius 1 is 1.25 bits per heavy atom. The van der Waals surface area contributed by atoms with Gasteiger partial charge >= 0.3 is 0 Å². The smallest absolute Gasteiger partial charge is 0.234 e. The molecule has 0 aliphatic rings. The Balaban J connectivity index is 3.78. The van der Waals surface area contributed by atoms with E-state index in [1.807, 2.05) is 6.07 Å². The molecular formula is C12H23N3O. The molecule has 0 saturated carbocycles. The molecule has 2 N–H and O–H groups in total. The Hall–Kier alpha value is -1.08. The molecule has 0 aliphatic carbocycles. The molecule has 0 spiro atoms. The molecule has 0 aromatic heterocycles. The molecule has 0 fully saturated rings. The van der Waals surface area contributed by atoms with Crippen molar-refractivity contribution >= 4 is 5.91 Å². The van der Waals surface area contributed by atoms with E-state index < -0.39 is 0 Å². The Bertz CT molecular complexity index is 235. The molecule has 4 nitrogen and oxygen atoms in total. The van der Waals surface area contributed by atoms with Crippen LogP contribution in [0.2, 0.25) is 0 Å². The summed E-state index contributed by atoms with van der Waals surface area (Å²) in [5, 5.41) is 13.9. The molecule has 0 rings (SSSR count). The van der Waals surface area contributed by atoms with Crippen LogP contribution in [0.1, 0.15) is 27.7 Å². The number of nitriles is 1. The minimum absolute atomic E-state index is 0.0816. The average Bonchev–Trinajstić information content (AvgIpc) is 2.20. The highest BCUT2D eigenvalue weighted by Crippen LogP contribution is 2.19. The van der Waals surface area contributed by atoms with Gasteiger partial charge in [0.25, 0.3) is 0 Å². The molecule has 0 aromatic rings. The predicted octanol–water partition coefficient (Wildman–Crippen LogP) is 1.14. The molecule has 0 radical (unpaired) electrons. The SMILES string of the molecule is CC(C)C(CNCC(=O)NCC#N)C(C)C. The highest BCUT2D eigenvalue weighted by molar-refractivity contribution is 5.78. The van der Waals surface area contributed by atoms with Gasteiger partial charge in [-0.15, -0.1) is 0 Å². The number of carbonyl (C=O) groups is 1. The maximum Gasteiger partial charge on any atom is 0.234 e. The van der Waals surface area contributed by atoms with E-state index in [1.54, 1.807) is 0 Å². The van der Waals surface area contributed by atoms with Gasteiger partial charge in [0.05, 0.1) is 12.6 Å². The zero-order valence-corrected chi connectivity index (χ0v) is 10.7. The zero-order chi connectivity index (χ0) is 12.6. The first-order valence-corrected chi connectivity index (χ1v) is 5.83. The first-order chi connectivity index (χ1) is 7.49. The van der Waals surface area contributed by atoms with E-state index >= 15 is 0 Å². The molecule has 0 unspecified atom stereocenters. The Morgan fingerprint density at radius 3 is 2.25 bits per heavy atom. The highest BCUT2D eigenvalue weighted by atomic mass is 16.1. The fourth-order valence-corrected chi connectivity index (χ4v) is 1.79. The number of rotatable bonds is 7. The summed E-state index contributed by atoms with van der Waals surface area (Å²) in [5.74, 6) is 1.67. The van der Waals surface area contributed by atoms with E-state index in [1.165, 1.54) is 0 Å². The second-order valence-corrected chi connectivity index (χ2v) is 4.72. The van der Waals surface area contributed by atoms with Crippen LogP contribution in [0.5, 0.6) is 0 Å². The molecule has 0 bridgehead atoms. The van der Waals surface area contributed by atoms with Crippen LogP contribution in [0, 0.1) is 29.1 Å². The fraction of sp³-hybridized carbons (Fsp3) is 0.833. The van der Waals surface area contributed by atoms with Crippen molar-refractivity contribution in [3.05, 3.63) is 0 Å². The third kappa shape index (κ3) is 6.41. The molecule has 4 heteroatoms. The Morgan fingerprint density at radius 2 is 1.81 bits per heavy atom. The van der Waals surface area contributed by atoms with Gasteiger partial charge < -0.3 is 10.6 Å². The highest BCUT2D eigenvalue weighted by Gasteiger charge is 2.16. The van der Waals surface area contributed by atoms with Crippen molar-refractivity contribution in [2.24, 2.45) is 17.8 Å². The van der Waals surface area contributed by atoms with Crippen molar-refractivity contribution in [2.45, 2.75) is 27.7 Å².